The van der Waals surface area contributed by atoms with Gasteiger partial charge in [0.15, 0.2) is 5.78 Å². The Balaban J connectivity index is 2.21. The number of ketones is 1. The second-order valence-corrected chi connectivity index (χ2v) is 5.00. The summed E-state index contributed by atoms with van der Waals surface area (Å²) in [4.78, 5) is 27.8. The average molecular weight is 252 g/mol. The molecule has 0 atom stereocenters. The lowest BCUT2D eigenvalue weighted by Crippen LogP contribution is -2.47. The van der Waals surface area contributed by atoms with E-state index in [9.17, 15) is 9.59 Å². The molecule has 2 aliphatic rings. The smallest absolute Gasteiger partial charge is 0.296 e. The zero-order chi connectivity index (χ0) is 13.1. The monoisotopic (exact) mass is 252 g/mol. The predicted octanol–water partition coefficient (Wildman–Crippen LogP) is 2.80. The molecule has 0 bridgehead atoms. The minimum Gasteiger partial charge on any atom is -0.296 e. The molecule has 2 aromatic rings. The summed E-state index contributed by atoms with van der Waals surface area (Å²) in [6.45, 7) is 0.475. The minimum absolute atomic E-state index is 0.0556. The summed E-state index contributed by atoms with van der Waals surface area (Å²) in [5, 5.41) is 2.07. The maximum atomic E-state index is 12.4. The number of rotatable bonds is 0. The fourth-order valence-corrected chi connectivity index (χ4v) is 3.06. The Bertz CT molecular complexity index is 751. The summed E-state index contributed by atoms with van der Waals surface area (Å²) in [7, 11) is 1.78. The number of anilines is 2. The van der Waals surface area contributed by atoms with Gasteiger partial charge in [-0.05, 0) is 17.5 Å². The second kappa shape index (κ2) is 3.35. The first-order chi connectivity index (χ1) is 9.18. The van der Waals surface area contributed by atoms with Crippen LogP contribution in [0.1, 0.15) is 16.8 Å². The highest BCUT2D eigenvalue weighted by Crippen LogP contribution is 2.43. The van der Waals surface area contributed by atoms with Crippen molar-refractivity contribution in [2.45, 2.75) is 6.42 Å². The van der Waals surface area contributed by atoms with Crippen molar-refractivity contribution in [3.05, 3.63) is 35.9 Å². The maximum absolute atomic E-state index is 12.4. The molecule has 19 heavy (non-hydrogen) atoms. The molecule has 0 N–H and O–H groups in total. The normalized spacial score (nSPS) is 17.3. The van der Waals surface area contributed by atoms with Gasteiger partial charge in [-0.25, -0.2) is 4.79 Å². The van der Waals surface area contributed by atoms with Crippen LogP contribution in [0.2, 0.25) is 0 Å². The van der Waals surface area contributed by atoms with Gasteiger partial charge in [0.2, 0.25) is 0 Å². The number of carbonyl (C=O) groups excluding carboxylic acids is 2. The van der Waals surface area contributed by atoms with Crippen LogP contribution in [0.25, 0.3) is 10.8 Å². The topological polar surface area (TPSA) is 40.6 Å². The number of hydrogen-bond acceptors (Lipinski definition) is 2. The average Bonchev–Trinajstić information content (AvgIpc) is 2.44. The number of nitrogens with zero attached hydrogens (tertiary/aromatic N) is 2. The van der Waals surface area contributed by atoms with Crippen LogP contribution in [-0.4, -0.2) is 25.4 Å². The quantitative estimate of drug-likeness (QED) is 0.723. The van der Waals surface area contributed by atoms with Gasteiger partial charge in [0.1, 0.15) is 0 Å². The molecule has 0 fully saturated rings. The van der Waals surface area contributed by atoms with Crippen LogP contribution in [0, 0.1) is 0 Å². The molecule has 0 radical (unpaired) electrons. The molecule has 2 aliphatic heterocycles. The largest absolute Gasteiger partial charge is 0.328 e. The van der Waals surface area contributed by atoms with Gasteiger partial charge in [0.05, 0.1) is 11.4 Å². The van der Waals surface area contributed by atoms with Crippen molar-refractivity contribution in [3.63, 3.8) is 0 Å². The van der Waals surface area contributed by atoms with Gasteiger partial charge >= 0.3 is 6.03 Å². The zero-order valence-electron chi connectivity index (χ0n) is 10.5. The molecular formula is C15H12N2O2. The molecule has 94 valence electrons. The summed E-state index contributed by atoms with van der Waals surface area (Å²) < 4.78 is 0. The van der Waals surface area contributed by atoms with Crippen LogP contribution >= 0.6 is 0 Å². The zero-order valence-corrected chi connectivity index (χ0v) is 10.5. The lowest BCUT2D eigenvalue weighted by molar-refractivity contribution is 0.0981. The van der Waals surface area contributed by atoms with E-state index in [-0.39, 0.29) is 11.8 Å². The van der Waals surface area contributed by atoms with Crippen LogP contribution in [0.4, 0.5) is 16.2 Å². The van der Waals surface area contributed by atoms with Crippen LogP contribution < -0.4 is 9.80 Å². The molecule has 0 aromatic heterocycles. The fourth-order valence-electron chi connectivity index (χ4n) is 3.06. The number of carbonyl (C=O) groups is 2. The van der Waals surface area contributed by atoms with Gasteiger partial charge < -0.3 is 0 Å². The lowest BCUT2D eigenvalue weighted by Gasteiger charge is -2.38. The van der Waals surface area contributed by atoms with Crippen molar-refractivity contribution in [3.8, 4) is 0 Å². The van der Waals surface area contributed by atoms with E-state index in [0.29, 0.717) is 18.5 Å². The fraction of sp³-hybridized carbons (Fsp3) is 0.200. The Morgan fingerprint density at radius 3 is 2.79 bits per heavy atom. The van der Waals surface area contributed by atoms with Crippen molar-refractivity contribution < 1.29 is 9.59 Å². The summed E-state index contributed by atoms with van der Waals surface area (Å²) >= 11 is 0. The summed E-state index contributed by atoms with van der Waals surface area (Å²) in [6, 6.07) is 9.63. The van der Waals surface area contributed by atoms with Crippen LogP contribution in [0.3, 0.4) is 0 Å². The number of amides is 2. The van der Waals surface area contributed by atoms with Gasteiger partial charge in [-0.2, -0.15) is 0 Å². The van der Waals surface area contributed by atoms with E-state index >= 15 is 0 Å². The van der Waals surface area contributed by atoms with Crippen LogP contribution in [-0.2, 0) is 0 Å². The Hall–Kier alpha value is -2.36. The first-order valence-electron chi connectivity index (χ1n) is 6.32. The number of hydrogen-bond donors (Lipinski definition) is 0. The highest BCUT2D eigenvalue weighted by atomic mass is 16.2. The third-order valence-corrected chi connectivity index (χ3v) is 4.01. The van der Waals surface area contributed by atoms with Crippen molar-refractivity contribution in [2.75, 3.05) is 23.4 Å². The second-order valence-electron chi connectivity index (χ2n) is 5.00. The molecule has 2 heterocycles. The molecule has 0 spiro atoms. The Labute approximate surface area is 110 Å². The van der Waals surface area contributed by atoms with E-state index in [1.165, 1.54) is 0 Å². The predicted molar refractivity (Wildman–Crippen MR) is 74.0 cm³/mol. The molecule has 2 aromatic carbocycles. The standard InChI is InChI=1S/C15H12N2O2/c1-16-11-4-2-3-9-5-6-10-12(18)7-8-17(15(16)19)14(10)13(9)11/h2-6H,7-8H2,1H3. The van der Waals surface area contributed by atoms with E-state index in [4.69, 9.17) is 0 Å². The van der Waals surface area contributed by atoms with E-state index in [1.54, 1.807) is 16.8 Å². The molecule has 0 unspecified atom stereocenters. The van der Waals surface area contributed by atoms with Crippen molar-refractivity contribution in [2.24, 2.45) is 0 Å². The summed E-state index contributed by atoms with van der Waals surface area (Å²) in [5.41, 5.74) is 2.35. The molecule has 2 amide bonds. The van der Waals surface area contributed by atoms with Gasteiger partial charge in [0, 0.05) is 31.0 Å². The molecular weight excluding hydrogens is 240 g/mol. The van der Waals surface area contributed by atoms with E-state index in [2.05, 4.69) is 0 Å². The van der Waals surface area contributed by atoms with Gasteiger partial charge in [-0.1, -0.05) is 18.2 Å². The lowest BCUT2D eigenvalue weighted by atomic mass is 9.93. The van der Waals surface area contributed by atoms with Crippen LogP contribution in [0.15, 0.2) is 30.3 Å². The van der Waals surface area contributed by atoms with E-state index in [1.807, 2.05) is 30.3 Å². The minimum atomic E-state index is -0.0556. The van der Waals surface area contributed by atoms with Gasteiger partial charge in [0.25, 0.3) is 0 Å². The third kappa shape index (κ3) is 1.18. The highest BCUT2D eigenvalue weighted by molar-refractivity contribution is 6.25. The number of benzene rings is 2. The Kier molecular flexibility index (Phi) is 1.86. The number of Topliss-reactive ketones (excluding diaryl/α,β-unsaturated/α-hetero) is 1. The molecule has 4 nitrogen and oxygen atoms in total. The molecule has 0 saturated carbocycles. The summed E-state index contributed by atoms with van der Waals surface area (Å²) in [5.74, 6) is 0.125. The van der Waals surface area contributed by atoms with Gasteiger partial charge in [-0.15, -0.1) is 0 Å². The highest BCUT2D eigenvalue weighted by Gasteiger charge is 2.35. The van der Waals surface area contributed by atoms with E-state index in [0.717, 1.165) is 22.1 Å². The molecule has 0 aliphatic carbocycles. The first kappa shape index (κ1) is 10.6. The molecule has 0 saturated heterocycles. The Morgan fingerprint density at radius 1 is 1.11 bits per heavy atom. The third-order valence-electron chi connectivity index (χ3n) is 4.01. The van der Waals surface area contributed by atoms with Crippen molar-refractivity contribution in [1.82, 2.24) is 0 Å². The first-order valence-corrected chi connectivity index (χ1v) is 6.32. The van der Waals surface area contributed by atoms with Gasteiger partial charge in [-0.3, -0.25) is 14.6 Å². The SMILES string of the molecule is CN1C(=O)N2CCC(=O)c3ccc4cccc1c4c32. The van der Waals surface area contributed by atoms with Crippen molar-refractivity contribution >= 4 is 34.0 Å². The summed E-state index contributed by atoms with van der Waals surface area (Å²) in [6.07, 6.45) is 0.403. The van der Waals surface area contributed by atoms with E-state index < -0.39 is 0 Å². The maximum Gasteiger partial charge on any atom is 0.328 e. The van der Waals surface area contributed by atoms with Crippen LogP contribution in [0.5, 0.6) is 0 Å². The Morgan fingerprint density at radius 2 is 1.95 bits per heavy atom. The molecule has 4 heteroatoms. The van der Waals surface area contributed by atoms with Crippen molar-refractivity contribution in [1.29, 1.82) is 0 Å². The molecule has 4 rings (SSSR count). The number of urea groups is 1.